The van der Waals surface area contributed by atoms with E-state index in [0.29, 0.717) is 0 Å². The molecule has 1 saturated heterocycles. The van der Waals surface area contributed by atoms with Crippen LogP contribution in [-0.4, -0.2) is 37.0 Å². The van der Waals surface area contributed by atoms with Gasteiger partial charge in [0.05, 0.1) is 0 Å². The Morgan fingerprint density at radius 2 is 1.24 bits per heavy atom. The van der Waals surface area contributed by atoms with Crippen molar-refractivity contribution in [3.63, 3.8) is 0 Å². The number of amides is 1. The number of carbonyl (C=O) groups excluding carboxylic acids is 1. The van der Waals surface area contributed by atoms with E-state index in [2.05, 4.69) is 64.8 Å². The van der Waals surface area contributed by atoms with Crippen molar-refractivity contribution in [2.75, 3.05) is 26.2 Å². The van der Waals surface area contributed by atoms with Crippen LogP contribution in [0.2, 0.25) is 0 Å². The minimum atomic E-state index is -0.773. The summed E-state index contributed by atoms with van der Waals surface area (Å²) in [7, 11) is 0. The molecule has 0 aromatic heterocycles. The molecule has 1 fully saturated rings. The second-order valence-corrected chi connectivity index (χ2v) is 10.8. The molecule has 0 unspecified atom stereocenters. The Kier molecular flexibility index (Phi) is 11.0. The smallest absolute Gasteiger partial charge is 0.232 e. The Hall–Kier alpha value is -2.95. The van der Waals surface area contributed by atoms with E-state index in [9.17, 15) is 4.79 Å². The van der Waals surface area contributed by atoms with Gasteiger partial charge in [0.1, 0.15) is 5.41 Å². The second-order valence-electron chi connectivity index (χ2n) is 10.8. The Bertz CT molecular complexity index is 1020. The van der Waals surface area contributed by atoms with Crippen molar-refractivity contribution in [2.24, 2.45) is 11.7 Å². The van der Waals surface area contributed by atoms with E-state index >= 15 is 0 Å². The number of nitrogens with one attached hydrogen (secondary N) is 1. The average Bonchev–Trinajstić information content (AvgIpc) is 2.97. The van der Waals surface area contributed by atoms with Gasteiger partial charge >= 0.3 is 0 Å². The molecule has 4 nitrogen and oxygen atoms in total. The number of nitrogens with zero attached hydrogens (tertiary/aromatic N) is 1. The van der Waals surface area contributed by atoms with Crippen LogP contribution in [0.5, 0.6) is 0 Å². The van der Waals surface area contributed by atoms with Gasteiger partial charge in [-0.15, -0.1) is 0 Å². The quantitative estimate of drug-likeness (QED) is 0.235. The molecule has 38 heavy (non-hydrogen) atoms. The summed E-state index contributed by atoms with van der Waals surface area (Å²) in [6.45, 7) is 5.29. The number of piperidine rings is 1. The van der Waals surface area contributed by atoms with Gasteiger partial charge in [-0.2, -0.15) is 0 Å². The van der Waals surface area contributed by atoms with Gasteiger partial charge < -0.3 is 16.0 Å². The van der Waals surface area contributed by atoms with Gasteiger partial charge in [-0.25, -0.2) is 0 Å². The zero-order chi connectivity index (χ0) is 26.5. The van der Waals surface area contributed by atoms with Crippen molar-refractivity contribution >= 4 is 5.91 Å². The van der Waals surface area contributed by atoms with Crippen LogP contribution >= 0.6 is 0 Å². The number of hydrogen-bond donors (Lipinski definition) is 2. The van der Waals surface area contributed by atoms with Crippen LogP contribution in [0.25, 0.3) is 0 Å². The lowest BCUT2D eigenvalue weighted by Gasteiger charge is -2.43. The van der Waals surface area contributed by atoms with Crippen LogP contribution in [0.3, 0.4) is 0 Å². The monoisotopic (exact) mass is 511 g/mol. The maximum absolute atomic E-state index is 13.2. The van der Waals surface area contributed by atoms with Crippen molar-refractivity contribution in [2.45, 2.75) is 63.3 Å². The molecule has 3 aromatic rings. The van der Waals surface area contributed by atoms with Gasteiger partial charge in [-0.1, -0.05) is 117 Å². The first kappa shape index (κ1) is 28.1. The fourth-order valence-electron chi connectivity index (χ4n) is 6.24. The van der Waals surface area contributed by atoms with Crippen molar-refractivity contribution in [3.8, 4) is 0 Å². The molecule has 0 atom stereocenters. The van der Waals surface area contributed by atoms with Gasteiger partial charge in [0.15, 0.2) is 0 Å². The topological polar surface area (TPSA) is 58.4 Å². The second kappa shape index (κ2) is 14.8. The highest BCUT2D eigenvalue weighted by Gasteiger charge is 2.47. The average molecular weight is 512 g/mol. The number of benzene rings is 3. The molecule has 4 heteroatoms. The number of carbonyl (C=O) groups is 1. The summed E-state index contributed by atoms with van der Waals surface area (Å²) < 4.78 is 0. The summed E-state index contributed by atoms with van der Waals surface area (Å²) in [6, 6.07) is 31.0. The first-order valence-electron chi connectivity index (χ1n) is 14.6. The number of primary amides is 1. The molecular formula is C34H45N3O. The molecule has 1 aliphatic rings. The standard InChI is InChI=1S/C34H45N3O/c35-33(38)34(30-18-10-6-11-19-30,31-20-12-7-13-21-31)32-22-26-37(27-23-32)25-15-4-2-1-3-14-24-36-28-29-16-8-5-9-17-29/h5-13,16-21,32,36H,1-4,14-15,22-28H2,(H2,35,38). The number of likely N-dealkylation sites (tertiary alicyclic amines) is 1. The van der Waals surface area contributed by atoms with E-state index < -0.39 is 5.41 Å². The van der Waals surface area contributed by atoms with Crippen LogP contribution in [0.4, 0.5) is 0 Å². The van der Waals surface area contributed by atoms with Crippen molar-refractivity contribution in [3.05, 3.63) is 108 Å². The molecule has 3 aromatic carbocycles. The highest BCUT2D eigenvalue weighted by atomic mass is 16.1. The zero-order valence-electron chi connectivity index (χ0n) is 22.9. The predicted molar refractivity (Wildman–Crippen MR) is 158 cm³/mol. The highest BCUT2D eigenvalue weighted by molar-refractivity contribution is 5.91. The number of nitrogens with two attached hydrogens (primary N) is 1. The van der Waals surface area contributed by atoms with Crippen LogP contribution in [0, 0.1) is 5.92 Å². The third-order valence-electron chi connectivity index (χ3n) is 8.30. The van der Waals surface area contributed by atoms with Crippen LogP contribution < -0.4 is 11.1 Å². The lowest BCUT2D eigenvalue weighted by molar-refractivity contribution is -0.124. The van der Waals surface area contributed by atoms with E-state index in [1.165, 1.54) is 44.1 Å². The molecule has 0 saturated carbocycles. The van der Waals surface area contributed by atoms with Crippen LogP contribution in [-0.2, 0) is 16.8 Å². The Balaban J connectivity index is 1.17. The number of rotatable bonds is 15. The number of hydrogen-bond acceptors (Lipinski definition) is 3. The molecule has 4 rings (SSSR count). The lowest BCUT2D eigenvalue weighted by Crippen LogP contribution is -2.51. The zero-order valence-corrected chi connectivity index (χ0v) is 22.9. The predicted octanol–water partition coefficient (Wildman–Crippen LogP) is 6.30. The molecule has 3 N–H and O–H groups in total. The highest BCUT2D eigenvalue weighted by Crippen LogP contribution is 2.44. The Morgan fingerprint density at radius 1 is 0.737 bits per heavy atom. The normalized spacial score (nSPS) is 14.9. The van der Waals surface area contributed by atoms with E-state index in [1.807, 2.05) is 36.4 Å². The maximum atomic E-state index is 13.2. The Labute approximate surface area is 229 Å². The lowest BCUT2D eigenvalue weighted by atomic mass is 9.62. The van der Waals surface area contributed by atoms with Gasteiger partial charge in [0, 0.05) is 6.54 Å². The van der Waals surface area contributed by atoms with Gasteiger partial charge in [-0.3, -0.25) is 4.79 Å². The van der Waals surface area contributed by atoms with Crippen molar-refractivity contribution in [1.82, 2.24) is 10.2 Å². The third-order valence-corrected chi connectivity index (χ3v) is 8.30. The van der Waals surface area contributed by atoms with Crippen LogP contribution in [0.1, 0.15) is 68.1 Å². The van der Waals surface area contributed by atoms with E-state index in [1.54, 1.807) is 0 Å². The Morgan fingerprint density at radius 3 is 1.79 bits per heavy atom. The third kappa shape index (κ3) is 7.33. The molecule has 1 aliphatic heterocycles. The molecule has 0 spiro atoms. The van der Waals surface area contributed by atoms with Gasteiger partial charge in [0.2, 0.25) is 5.91 Å². The summed E-state index contributed by atoms with van der Waals surface area (Å²) >= 11 is 0. The molecule has 0 aliphatic carbocycles. The van der Waals surface area contributed by atoms with Crippen LogP contribution in [0.15, 0.2) is 91.0 Å². The molecule has 0 bridgehead atoms. The fourth-order valence-corrected chi connectivity index (χ4v) is 6.24. The van der Waals surface area contributed by atoms with E-state index in [4.69, 9.17) is 5.73 Å². The number of unbranched alkanes of at least 4 members (excludes halogenated alkanes) is 5. The van der Waals surface area contributed by atoms with Gasteiger partial charge in [0.25, 0.3) is 0 Å². The van der Waals surface area contributed by atoms with Gasteiger partial charge in [-0.05, 0) is 74.5 Å². The summed E-state index contributed by atoms with van der Waals surface area (Å²) in [6.07, 6.45) is 9.75. The largest absolute Gasteiger partial charge is 0.369 e. The molecule has 1 amide bonds. The first-order valence-corrected chi connectivity index (χ1v) is 14.6. The maximum Gasteiger partial charge on any atom is 0.232 e. The molecule has 202 valence electrons. The molecular weight excluding hydrogens is 466 g/mol. The van der Waals surface area contributed by atoms with Crippen molar-refractivity contribution in [1.29, 1.82) is 0 Å². The summed E-state index contributed by atoms with van der Waals surface area (Å²) in [5.41, 5.74) is 8.86. The van der Waals surface area contributed by atoms with E-state index in [-0.39, 0.29) is 11.8 Å². The summed E-state index contributed by atoms with van der Waals surface area (Å²) in [5.74, 6) is -0.0276. The first-order chi connectivity index (χ1) is 18.7. The minimum Gasteiger partial charge on any atom is -0.369 e. The summed E-state index contributed by atoms with van der Waals surface area (Å²) in [5, 5.41) is 3.55. The molecule has 0 radical (unpaired) electrons. The minimum absolute atomic E-state index is 0.205. The fraction of sp³-hybridized carbons (Fsp3) is 0.441. The SMILES string of the molecule is NC(=O)C(c1ccccc1)(c1ccccc1)C1CCN(CCCCCCCCNCc2ccccc2)CC1. The molecule has 1 heterocycles. The van der Waals surface area contributed by atoms with Crippen molar-refractivity contribution < 1.29 is 4.79 Å². The van der Waals surface area contributed by atoms with E-state index in [0.717, 1.165) is 56.7 Å². The summed E-state index contributed by atoms with van der Waals surface area (Å²) in [4.78, 5) is 15.8.